The average Bonchev–Trinajstić information content (AvgIpc) is 2.48. The molecule has 0 saturated carbocycles. The minimum atomic E-state index is -0.568. The van der Waals surface area contributed by atoms with Gasteiger partial charge in [0.15, 0.2) is 0 Å². The SMILES string of the molecule is Nc1cc(C(=O)OCCOc2ccc(Br)cc2)ccc1F. The van der Waals surface area contributed by atoms with Gasteiger partial charge in [-0.05, 0) is 42.5 Å². The molecule has 0 aromatic heterocycles. The minimum Gasteiger partial charge on any atom is -0.490 e. The number of nitrogens with two attached hydrogens (primary N) is 1. The van der Waals surface area contributed by atoms with Crippen molar-refractivity contribution in [3.8, 4) is 5.75 Å². The number of halogens is 2. The van der Waals surface area contributed by atoms with Crippen LogP contribution in [0.25, 0.3) is 0 Å². The summed E-state index contributed by atoms with van der Waals surface area (Å²) in [5.74, 6) is -0.452. The molecule has 0 heterocycles. The minimum absolute atomic E-state index is 0.0874. The van der Waals surface area contributed by atoms with Crippen molar-refractivity contribution in [3.63, 3.8) is 0 Å². The third-order valence-corrected chi connectivity index (χ3v) is 3.16. The molecule has 0 aliphatic carbocycles. The van der Waals surface area contributed by atoms with E-state index in [0.29, 0.717) is 5.75 Å². The van der Waals surface area contributed by atoms with Crippen molar-refractivity contribution in [2.75, 3.05) is 18.9 Å². The van der Waals surface area contributed by atoms with E-state index in [4.69, 9.17) is 15.2 Å². The fraction of sp³-hybridized carbons (Fsp3) is 0.133. The van der Waals surface area contributed by atoms with Crippen LogP contribution < -0.4 is 10.5 Å². The Morgan fingerprint density at radius 2 is 1.86 bits per heavy atom. The molecule has 21 heavy (non-hydrogen) atoms. The molecule has 6 heteroatoms. The molecule has 4 nitrogen and oxygen atoms in total. The normalized spacial score (nSPS) is 10.2. The standard InChI is InChI=1S/C15H13BrFNO3/c16-11-2-4-12(5-3-11)20-7-8-21-15(19)10-1-6-13(17)14(18)9-10/h1-6,9H,7-8,18H2. The summed E-state index contributed by atoms with van der Waals surface area (Å²) in [5.41, 5.74) is 5.51. The molecular formula is C15H13BrFNO3. The predicted octanol–water partition coefficient (Wildman–Crippen LogP) is 3.41. The molecule has 0 saturated heterocycles. The predicted molar refractivity (Wildman–Crippen MR) is 80.7 cm³/mol. The second-order valence-electron chi connectivity index (χ2n) is 4.17. The molecule has 2 rings (SSSR count). The Bertz CT molecular complexity index is 631. The number of rotatable bonds is 5. The van der Waals surface area contributed by atoms with E-state index in [9.17, 15) is 9.18 Å². The van der Waals surface area contributed by atoms with Crippen molar-refractivity contribution in [2.24, 2.45) is 0 Å². The lowest BCUT2D eigenvalue weighted by Crippen LogP contribution is -2.12. The van der Waals surface area contributed by atoms with Crippen molar-refractivity contribution in [1.29, 1.82) is 0 Å². The molecule has 0 spiro atoms. The molecule has 2 aromatic carbocycles. The Balaban J connectivity index is 1.79. The third kappa shape index (κ3) is 4.46. The molecule has 0 amide bonds. The first kappa shape index (κ1) is 15.3. The molecular weight excluding hydrogens is 341 g/mol. The van der Waals surface area contributed by atoms with Crippen LogP contribution in [-0.4, -0.2) is 19.2 Å². The molecule has 0 aliphatic heterocycles. The Kier molecular flexibility index (Phi) is 5.16. The number of carbonyl (C=O) groups is 1. The van der Waals surface area contributed by atoms with Gasteiger partial charge in [-0.2, -0.15) is 0 Å². The highest BCUT2D eigenvalue weighted by molar-refractivity contribution is 9.10. The molecule has 2 N–H and O–H groups in total. The molecule has 110 valence electrons. The van der Waals surface area contributed by atoms with Crippen molar-refractivity contribution in [3.05, 3.63) is 58.3 Å². The molecule has 0 radical (unpaired) electrons. The monoisotopic (exact) mass is 353 g/mol. The van der Waals surface area contributed by atoms with E-state index >= 15 is 0 Å². The van der Waals surface area contributed by atoms with Crippen LogP contribution in [0.4, 0.5) is 10.1 Å². The van der Waals surface area contributed by atoms with Gasteiger partial charge in [0.25, 0.3) is 0 Å². The number of carbonyl (C=O) groups excluding carboxylic acids is 1. The zero-order valence-corrected chi connectivity index (χ0v) is 12.6. The summed E-state index contributed by atoms with van der Waals surface area (Å²) in [4.78, 5) is 11.7. The van der Waals surface area contributed by atoms with E-state index in [1.165, 1.54) is 12.1 Å². The Morgan fingerprint density at radius 3 is 2.52 bits per heavy atom. The lowest BCUT2D eigenvalue weighted by molar-refractivity contribution is 0.0450. The molecule has 0 bridgehead atoms. The summed E-state index contributed by atoms with van der Waals surface area (Å²) < 4.78 is 24.4. The molecule has 2 aromatic rings. The van der Waals surface area contributed by atoms with Crippen LogP contribution >= 0.6 is 15.9 Å². The summed E-state index contributed by atoms with van der Waals surface area (Å²) in [7, 11) is 0. The first-order valence-electron chi connectivity index (χ1n) is 6.17. The number of ether oxygens (including phenoxy) is 2. The van der Waals surface area contributed by atoms with E-state index in [1.807, 2.05) is 12.1 Å². The third-order valence-electron chi connectivity index (χ3n) is 2.63. The van der Waals surface area contributed by atoms with Gasteiger partial charge in [-0.3, -0.25) is 0 Å². The van der Waals surface area contributed by atoms with Crippen molar-refractivity contribution in [2.45, 2.75) is 0 Å². The first-order chi connectivity index (χ1) is 10.1. The second-order valence-corrected chi connectivity index (χ2v) is 5.09. The van der Waals surface area contributed by atoms with Gasteiger partial charge in [-0.15, -0.1) is 0 Å². The largest absolute Gasteiger partial charge is 0.490 e. The van der Waals surface area contributed by atoms with Crippen LogP contribution in [0.1, 0.15) is 10.4 Å². The number of esters is 1. The molecule has 0 fully saturated rings. The van der Waals surface area contributed by atoms with E-state index < -0.39 is 11.8 Å². The van der Waals surface area contributed by atoms with Crippen molar-refractivity contribution >= 4 is 27.6 Å². The lowest BCUT2D eigenvalue weighted by atomic mass is 10.2. The van der Waals surface area contributed by atoms with Gasteiger partial charge in [-0.25, -0.2) is 9.18 Å². The fourth-order valence-corrected chi connectivity index (χ4v) is 1.84. The zero-order valence-electron chi connectivity index (χ0n) is 11.0. The molecule has 0 atom stereocenters. The number of hydrogen-bond acceptors (Lipinski definition) is 4. The quantitative estimate of drug-likeness (QED) is 0.508. The van der Waals surface area contributed by atoms with Gasteiger partial charge in [0, 0.05) is 4.47 Å². The highest BCUT2D eigenvalue weighted by Gasteiger charge is 2.09. The zero-order chi connectivity index (χ0) is 15.2. The van der Waals surface area contributed by atoms with Gasteiger partial charge < -0.3 is 15.2 Å². The maximum atomic E-state index is 13.0. The van der Waals surface area contributed by atoms with Crippen molar-refractivity contribution < 1.29 is 18.7 Å². The maximum Gasteiger partial charge on any atom is 0.338 e. The Hall–Kier alpha value is -2.08. The number of anilines is 1. The maximum absolute atomic E-state index is 13.0. The summed E-state index contributed by atoms with van der Waals surface area (Å²) in [6.07, 6.45) is 0. The Labute approximate surface area is 129 Å². The highest BCUT2D eigenvalue weighted by atomic mass is 79.9. The van der Waals surface area contributed by atoms with E-state index in [2.05, 4.69) is 15.9 Å². The summed E-state index contributed by atoms with van der Waals surface area (Å²) in [6.45, 7) is 0.316. The summed E-state index contributed by atoms with van der Waals surface area (Å²) >= 11 is 3.32. The molecule has 0 aliphatic rings. The molecule has 0 unspecified atom stereocenters. The van der Waals surface area contributed by atoms with Crippen LogP contribution in [0.5, 0.6) is 5.75 Å². The van der Waals surface area contributed by atoms with Crippen LogP contribution in [-0.2, 0) is 4.74 Å². The number of hydrogen-bond donors (Lipinski definition) is 1. The lowest BCUT2D eigenvalue weighted by Gasteiger charge is -2.08. The topological polar surface area (TPSA) is 61.6 Å². The smallest absolute Gasteiger partial charge is 0.338 e. The van der Waals surface area contributed by atoms with Gasteiger partial charge in [0.1, 0.15) is 24.8 Å². The fourth-order valence-electron chi connectivity index (χ4n) is 1.58. The summed E-state index contributed by atoms with van der Waals surface area (Å²) in [5, 5.41) is 0. The number of benzene rings is 2. The van der Waals surface area contributed by atoms with Crippen LogP contribution in [0.2, 0.25) is 0 Å². The van der Waals surface area contributed by atoms with Gasteiger partial charge in [0.2, 0.25) is 0 Å². The first-order valence-corrected chi connectivity index (χ1v) is 6.96. The van der Waals surface area contributed by atoms with Gasteiger partial charge in [-0.1, -0.05) is 15.9 Å². The second kappa shape index (κ2) is 7.08. The van der Waals surface area contributed by atoms with E-state index in [1.54, 1.807) is 12.1 Å². The average molecular weight is 354 g/mol. The van der Waals surface area contributed by atoms with Gasteiger partial charge in [0.05, 0.1) is 11.3 Å². The van der Waals surface area contributed by atoms with Crippen molar-refractivity contribution in [1.82, 2.24) is 0 Å². The van der Waals surface area contributed by atoms with Gasteiger partial charge >= 0.3 is 5.97 Å². The Morgan fingerprint density at radius 1 is 1.14 bits per heavy atom. The van der Waals surface area contributed by atoms with Crippen LogP contribution in [0, 0.1) is 5.82 Å². The van der Waals surface area contributed by atoms with Crippen LogP contribution in [0.15, 0.2) is 46.9 Å². The van der Waals surface area contributed by atoms with E-state index in [-0.39, 0.29) is 24.5 Å². The number of nitrogen functional groups attached to an aromatic ring is 1. The summed E-state index contributed by atoms with van der Waals surface area (Å²) in [6, 6.07) is 11.0. The highest BCUT2D eigenvalue weighted by Crippen LogP contribution is 2.16. The van der Waals surface area contributed by atoms with Crippen LogP contribution in [0.3, 0.4) is 0 Å². The van der Waals surface area contributed by atoms with E-state index in [0.717, 1.165) is 10.5 Å².